The van der Waals surface area contributed by atoms with Gasteiger partial charge in [0.2, 0.25) is 0 Å². The monoisotopic (exact) mass is 584 g/mol. The molecule has 13 heteroatoms. The minimum Gasteiger partial charge on any atom is -0.394 e. The normalized spacial score (nSPS) is 12.3. The molecule has 0 spiro atoms. The smallest absolute Gasteiger partial charge is 0.394 e. The second-order valence-corrected chi connectivity index (χ2v) is 9.20. The van der Waals surface area contributed by atoms with Gasteiger partial charge >= 0.3 is 6.16 Å². The van der Waals surface area contributed by atoms with Crippen molar-refractivity contribution in [3.63, 3.8) is 0 Å². The molecule has 4 rings (SSSR count). The number of nitrogens with zero attached hydrogens (tertiary/aromatic N) is 2. The lowest BCUT2D eigenvalue weighted by molar-refractivity contribution is -0.385. The molecule has 0 aliphatic heterocycles. The summed E-state index contributed by atoms with van der Waals surface area (Å²) in [5.74, 6) is -6.50. The van der Waals surface area contributed by atoms with E-state index in [1.165, 1.54) is 26.0 Å². The number of ether oxygens (including phenoxy) is 2. The van der Waals surface area contributed by atoms with Crippen LogP contribution in [-0.4, -0.2) is 16.0 Å². The second-order valence-electron chi connectivity index (χ2n) is 9.20. The summed E-state index contributed by atoms with van der Waals surface area (Å²) in [5.41, 5.74) is -0.120. The van der Waals surface area contributed by atoms with Crippen molar-refractivity contribution in [2.24, 2.45) is 0 Å². The molecular formula is C29H20F4N2O7. The van der Waals surface area contributed by atoms with E-state index in [0.717, 1.165) is 60.7 Å². The highest BCUT2D eigenvalue weighted by molar-refractivity contribution is 5.69. The molecule has 0 unspecified atom stereocenters. The van der Waals surface area contributed by atoms with Crippen molar-refractivity contribution in [2.45, 2.75) is 25.7 Å². The highest BCUT2D eigenvalue weighted by Crippen LogP contribution is 2.37. The first-order valence-electron chi connectivity index (χ1n) is 12.2. The second kappa shape index (κ2) is 12.0. The zero-order valence-electron chi connectivity index (χ0n) is 21.8. The summed E-state index contributed by atoms with van der Waals surface area (Å²) >= 11 is 0. The van der Waals surface area contributed by atoms with E-state index >= 15 is 0 Å². The van der Waals surface area contributed by atoms with E-state index in [-0.39, 0.29) is 45.1 Å². The predicted molar refractivity (Wildman–Crippen MR) is 141 cm³/mol. The lowest BCUT2D eigenvalue weighted by Crippen LogP contribution is -2.17. The zero-order chi connectivity index (χ0) is 30.7. The van der Waals surface area contributed by atoms with Gasteiger partial charge in [0.15, 0.2) is 23.3 Å². The van der Waals surface area contributed by atoms with Crippen LogP contribution in [0.5, 0.6) is 11.5 Å². The van der Waals surface area contributed by atoms with E-state index in [4.69, 9.17) is 9.47 Å². The molecule has 4 aromatic rings. The Labute approximate surface area is 235 Å². The van der Waals surface area contributed by atoms with Gasteiger partial charge in [-0.25, -0.2) is 22.4 Å². The topological polar surface area (TPSA) is 122 Å². The fourth-order valence-corrected chi connectivity index (χ4v) is 4.28. The maximum Gasteiger partial charge on any atom is 0.519 e. The molecule has 0 saturated carbocycles. The fourth-order valence-electron chi connectivity index (χ4n) is 4.28. The summed E-state index contributed by atoms with van der Waals surface area (Å²) in [6.45, 7) is 3.06. The molecule has 0 bridgehead atoms. The van der Waals surface area contributed by atoms with Crippen molar-refractivity contribution in [2.75, 3.05) is 0 Å². The Kier molecular flexibility index (Phi) is 8.50. The van der Waals surface area contributed by atoms with E-state index < -0.39 is 51.1 Å². The van der Waals surface area contributed by atoms with E-state index in [9.17, 15) is 42.6 Å². The molecule has 0 aliphatic rings. The van der Waals surface area contributed by atoms with E-state index in [1.54, 1.807) is 0 Å². The number of rotatable bonds is 8. The van der Waals surface area contributed by atoms with Crippen LogP contribution < -0.4 is 9.47 Å². The molecule has 2 atom stereocenters. The molecule has 9 nitrogen and oxygen atoms in total. The highest BCUT2D eigenvalue weighted by atomic mass is 19.2. The number of nitro groups is 2. The standard InChI is InChI=1S/C29H20F4N2O7/c1-15(17-3-7-23(30)25(32)11-17)21-13-19(34(37)38)5-9-27(21)41-29(36)42-28-10-6-20(35(39)40)14-22(28)16(2)18-4-8-24(31)26(33)12-18/h3-16H,1-2H3/t15-,16-/m1/s1. The summed E-state index contributed by atoms with van der Waals surface area (Å²) in [6, 6.07) is 12.7. The molecule has 0 saturated heterocycles. The Morgan fingerprint density at radius 2 is 1.00 bits per heavy atom. The number of non-ortho nitro benzene ring substituents is 2. The summed E-state index contributed by atoms with van der Waals surface area (Å²) in [6.07, 6.45) is -1.34. The highest BCUT2D eigenvalue weighted by Gasteiger charge is 2.25. The Hall–Kier alpha value is -5.33. The van der Waals surface area contributed by atoms with Gasteiger partial charge in [-0.15, -0.1) is 0 Å². The maximum atomic E-state index is 13.9. The molecular weight excluding hydrogens is 564 g/mol. The van der Waals surface area contributed by atoms with Crippen LogP contribution in [-0.2, 0) is 0 Å². The Morgan fingerprint density at radius 1 is 0.619 bits per heavy atom. The van der Waals surface area contributed by atoms with Gasteiger partial charge in [0.25, 0.3) is 11.4 Å². The number of carbonyl (C=O) groups is 1. The molecule has 0 aromatic heterocycles. The molecule has 4 aromatic carbocycles. The average molecular weight is 584 g/mol. The molecule has 216 valence electrons. The molecule has 0 radical (unpaired) electrons. The first kappa shape index (κ1) is 29.6. The number of carbonyl (C=O) groups excluding carboxylic acids is 1. The number of benzene rings is 4. The fraction of sp³-hybridized carbons (Fsp3) is 0.138. The number of hydrogen-bond donors (Lipinski definition) is 0. The summed E-state index contributed by atoms with van der Waals surface area (Å²) in [5, 5.41) is 22.8. The maximum absolute atomic E-state index is 13.9. The predicted octanol–water partition coefficient (Wildman–Crippen LogP) is 7.94. The van der Waals surface area contributed by atoms with Crippen LogP contribution in [0.3, 0.4) is 0 Å². The molecule has 0 N–H and O–H groups in total. The largest absolute Gasteiger partial charge is 0.519 e. The average Bonchev–Trinajstić information content (AvgIpc) is 2.95. The van der Waals surface area contributed by atoms with Crippen molar-refractivity contribution >= 4 is 17.5 Å². The van der Waals surface area contributed by atoms with Gasteiger partial charge in [-0.2, -0.15) is 0 Å². The quantitative estimate of drug-likeness (QED) is 0.0677. The van der Waals surface area contributed by atoms with Gasteiger partial charge in [-0.05, 0) is 47.5 Å². The van der Waals surface area contributed by atoms with Gasteiger partial charge in [-0.1, -0.05) is 26.0 Å². The van der Waals surface area contributed by atoms with Crippen LogP contribution in [0.4, 0.5) is 33.7 Å². The zero-order valence-corrected chi connectivity index (χ0v) is 21.8. The first-order valence-corrected chi connectivity index (χ1v) is 12.2. The lowest BCUT2D eigenvalue weighted by atomic mass is 9.92. The van der Waals surface area contributed by atoms with Crippen molar-refractivity contribution < 1.29 is 41.7 Å². The van der Waals surface area contributed by atoms with Crippen LogP contribution in [0.25, 0.3) is 0 Å². The number of nitro benzene ring substituents is 2. The molecule has 42 heavy (non-hydrogen) atoms. The number of halogens is 4. The molecule has 0 aliphatic carbocycles. The van der Waals surface area contributed by atoms with Crippen LogP contribution in [0.1, 0.15) is 47.9 Å². The molecule has 0 fully saturated rings. The van der Waals surface area contributed by atoms with Crippen LogP contribution in [0.2, 0.25) is 0 Å². The Bertz CT molecular complexity index is 1590. The number of hydrogen-bond acceptors (Lipinski definition) is 7. The van der Waals surface area contributed by atoms with Gasteiger partial charge in [0.1, 0.15) is 11.5 Å². The Morgan fingerprint density at radius 3 is 1.33 bits per heavy atom. The molecule has 0 amide bonds. The lowest BCUT2D eigenvalue weighted by Gasteiger charge is -2.18. The summed E-state index contributed by atoms with van der Waals surface area (Å²) in [4.78, 5) is 34.3. The van der Waals surface area contributed by atoms with Crippen molar-refractivity contribution in [3.05, 3.63) is 139 Å². The van der Waals surface area contributed by atoms with Crippen LogP contribution in [0.15, 0.2) is 72.8 Å². The first-order chi connectivity index (χ1) is 19.8. The van der Waals surface area contributed by atoms with Crippen LogP contribution in [0, 0.1) is 43.5 Å². The Balaban J connectivity index is 1.68. The minimum atomic E-state index is -1.34. The van der Waals surface area contributed by atoms with Gasteiger partial charge < -0.3 is 9.47 Å². The van der Waals surface area contributed by atoms with E-state index in [1.807, 2.05) is 0 Å². The van der Waals surface area contributed by atoms with Crippen molar-refractivity contribution in [1.82, 2.24) is 0 Å². The van der Waals surface area contributed by atoms with Gasteiger partial charge in [0, 0.05) is 47.2 Å². The third kappa shape index (κ3) is 6.35. The SMILES string of the molecule is C[C@H](c1ccc(F)c(F)c1)c1cc([N+](=O)[O-])ccc1OC(=O)Oc1ccc([N+](=O)[O-])cc1[C@H](C)c1ccc(F)c(F)c1. The van der Waals surface area contributed by atoms with E-state index in [0.29, 0.717) is 0 Å². The minimum absolute atomic E-state index is 0.0752. The van der Waals surface area contributed by atoms with Crippen LogP contribution >= 0.6 is 0 Å². The van der Waals surface area contributed by atoms with Crippen molar-refractivity contribution in [1.29, 1.82) is 0 Å². The van der Waals surface area contributed by atoms with Gasteiger partial charge in [-0.3, -0.25) is 20.2 Å². The summed E-state index contributed by atoms with van der Waals surface area (Å²) < 4.78 is 65.4. The third-order valence-corrected chi connectivity index (χ3v) is 6.62. The van der Waals surface area contributed by atoms with Crippen molar-refractivity contribution in [3.8, 4) is 11.5 Å². The summed E-state index contributed by atoms with van der Waals surface area (Å²) in [7, 11) is 0. The van der Waals surface area contributed by atoms with E-state index in [2.05, 4.69) is 0 Å². The van der Waals surface area contributed by atoms with Gasteiger partial charge in [0.05, 0.1) is 9.85 Å². The third-order valence-electron chi connectivity index (χ3n) is 6.62. The molecule has 0 heterocycles.